The van der Waals surface area contributed by atoms with E-state index in [2.05, 4.69) is 37.2 Å². The highest BCUT2D eigenvalue weighted by Gasteiger charge is 2.44. The minimum absolute atomic E-state index is 0.00381. The van der Waals surface area contributed by atoms with Gasteiger partial charge in [-0.25, -0.2) is 23.9 Å². The molecule has 3 N–H and O–H groups in total. The Labute approximate surface area is 226 Å². The lowest BCUT2D eigenvalue weighted by Gasteiger charge is -2.38. The van der Waals surface area contributed by atoms with Crippen molar-refractivity contribution in [2.45, 2.75) is 44.6 Å². The molecule has 0 unspecified atom stereocenters. The van der Waals surface area contributed by atoms with Crippen LogP contribution in [0.2, 0.25) is 0 Å². The van der Waals surface area contributed by atoms with Crippen molar-refractivity contribution < 1.29 is 29.0 Å². The van der Waals surface area contributed by atoms with Crippen LogP contribution in [0.4, 0.5) is 16.0 Å². The number of aliphatic carboxylic acids is 2. The van der Waals surface area contributed by atoms with Gasteiger partial charge in [-0.3, -0.25) is 9.69 Å². The maximum atomic E-state index is 13.1. The van der Waals surface area contributed by atoms with Crippen LogP contribution in [-0.4, -0.2) is 75.1 Å². The van der Waals surface area contributed by atoms with Crippen LogP contribution in [0, 0.1) is 17.7 Å². The molecule has 3 fully saturated rings. The Morgan fingerprint density at radius 3 is 2.03 bits per heavy atom. The number of nitrogens with one attached hydrogen (secondary N) is 1. The smallest absolute Gasteiger partial charge is 0.328 e. The van der Waals surface area contributed by atoms with E-state index in [4.69, 9.17) is 10.2 Å². The number of anilines is 2. The Bertz CT molecular complexity index is 1170. The van der Waals surface area contributed by atoms with Gasteiger partial charge >= 0.3 is 11.9 Å². The monoisotopic (exact) mass is 539 g/mol. The van der Waals surface area contributed by atoms with Crippen LogP contribution in [0.1, 0.15) is 44.1 Å². The number of halogens is 1. The molecule has 208 valence electrons. The number of carbonyl (C=O) groups is 3. The number of carbonyl (C=O) groups excluding carboxylic acids is 1. The normalized spacial score (nSPS) is 24.6. The fourth-order valence-corrected chi connectivity index (χ4v) is 6.19. The molecule has 1 aromatic carbocycles. The quantitative estimate of drug-likeness (QED) is 0.472. The number of carboxylic acids is 2. The fourth-order valence-electron chi connectivity index (χ4n) is 6.19. The molecule has 39 heavy (non-hydrogen) atoms. The maximum absolute atomic E-state index is 13.1. The van der Waals surface area contributed by atoms with Gasteiger partial charge in [0, 0.05) is 57.0 Å². The topological polar surface area (TPSA) is 136 Å². The fraction of sp³-hybridized carbons (Fsp3) is 0.464. The van der Waals surface area contributed by atoms with Crippen molar-refractivity contribution in [3.8, 4) is 0 Å². The molecule has 4 atom stereocenters. The third kappa shape index (κ3) is 7.60. The number of benzene rings is 1. The van der Waals surface area contributed by atoms with Gasteiger partial charge < -0.3 is 20.4 Å². The molecule has 2 aromatic rings. The molecular weight excluding hydrogens is 505 g/mol. The zero-order valence-corrected chi connectivity index (χ0v) is 21.9. The van der Waals surface area contributed by atoms with E-state index >= 15 is 0 Å². The average Bonchev–Trinajstić information content (AvgIpc) is 3.48. The zero-order valence-electron chi connectivity index (χ0n) is 21.9. The predicted molar refractivity (Wildman–Crippen MR) is 143 cm³/mol. The van der Waals surface area contributed by atoms with E-state index in [1.165, 1.54) is 43.6 Å². The highest BCUT2D eigenvalue weighted by atomic mass is 19.1. The number of nitrogens with zero attached hydrogens (tertiary/aromatic N) is 4. The summed E-state index contributed by atoms with van der Waals surface area (Å²) in [6, 6.07) is 8.96. The summed E-state index contributed by atoms with van der Waals surface area (Å²) in [6.07, 6.45) is 8.60. The van der Waals surface area contributed by atoms with E-state index in [0.29, 0.717) is 30.1 Å². The van der Waals surface area contributed by atoms with E-state index in [1.807, 2.05) is 12.1 Å². The van der Waals surface area contributed by atoms with Crippen molar-refractivity contribution in [2.75, 3.05) is 36.4 Å². The van der Waals surface area contributed by atoms with Crippen LogP contribution < -0.4 is 10.2 Å². The van der Waals surface area contributed by atoms with Gasteiger partial charge in [0.15, 0.2) is 5.82 Å². The summed E-state index contributed by atoms with van der Waals surface area (Å²) in [6.45, 7) is 5.39. The number of amides is 1. The van der Waals surface area contributed by atoms with Gasteiger partial charge in [0.25, 0.3) is 0 Å². The average molecular weight is 540 g/mol. The maximum Gasteiger partial charge on any atom is 0.328 e. The van der Waals surface area contributed by atoms with Crippen molar-refractivity contribution in [3.63, 3.8) is 0 Å². The van der Waals surface area contributed by atoms with E-state index < -0.39 is 17.8 Å². The highest BCUT2D eigenvalue weighted by molar-refractivity contribution is 5.90. The van der Waals surface area contributed by atoms with Crippen molar-refractivity contribution in [2.24, 2.45) is 11.8 Å². The van der Waals surface area contributed by atoms with Gasteiger partial charge in [-0.15, -0.1) is 0 Å². The minimum atomic E-state index is -1.26. The number of hydrogen-bond acceptors (Lipinski definition) is 7. The molecule has 11 heteroatoms. The summed E-state index contributed by atoms with van der Waals surface area (Å²) in [5.74, 6) is -0.178. The summed E-state index contributed by atoms with van der Waals surface area (Å²) < 4.78 is 13.1. The first-order valence-corrected chi connectivity index (χ1v) is 13.2. The lowest BCUT2D eigenvalue weighted by molar-refractivity contribution is -0.134. The summed E-state index contributed by atoms with van der Waals surface area (Å²) in [5, 5.41) is 18.6. The first-order chi connectivity index (χ1) is 18.7. The van der Waals surface area contributed by atoms with Crippen molar-refractivity contribution in [3.05, 3.63) is 60.2 Å². The van der Waals surface area contributed by atoms with E-state index in [9.17, 15) is 18.8 Å². The van der Waals surface area contributed by atoms with Gasteiger partial charge in [-0.2, -0.15) is 0 Å². The Morgan fingerprint density at radius 1 is 0.923 bits per heavy atom. The molecule has 2 saturated carbocycles. The van der Waals surface area contributed by atoms with Crippen LogP contribution in [0.15, 0.2) is 48.8 Å². The summed E-state index contributed by atoms with van der Waals surface area (Å²) in [4.78, 5) is 43.7. The highest BCUT2D eigenvalue weighted by Crippen LogP contribution is 2.52. The van der Waals surface area contributed by atoms with E-state index in [0.717, 1.165) is 43.7 Å². The second kappa shape index (κ2) is 12.8. The molecule has 1 saturated heterocycles. The zero-order chi connectivity index (χ0) is 27.9. The number of piperazine rings is 1. The molecule has 3 aliphatic rings. The third-order valence-electron chi connectivity index (χ3n) is 7.79. The molecule has 0 radical (unpaired) electrons. The van der Waals surface area contributed by atoms with Gasteiger partial charge in [-0.1, -0.05) is 18.2 Å². The minimum Gasteiger partial charge on any atom is -0.478 e. The number of aromatic nitrogens is 2. The number of carboxylic acid groups (broad SMARTS) is 2. The Balaban J connectivity index is 0.000000386. The largest absolute Gasteiger partial charge is 0.478 e. The molecule has 2 heterocycles. The predicted octanol–water partition coefficient (Wildman–Crippen LogP) is 3.38. The standard InChI is InChI=1S/C24H30FN5O.C4H4O4/c1-16(31)28-23-5-3-2-4-22(23)19-10-17-12-21(13-18(17)11-19)29-6-8-30(9-7-29)24-26-14-20(25)15-27-24;5-3(6)1-2-4(7)8/h2-5,14-15,17-19,21H,6-13H2,1H3,(H,28,31);1-2H,(H,5,6)(H,7,8)/b;2-1-/t17-,18+,19-,21+;. The van der Waals surface area contributed by atoms with Gasteiger partial charge in [-0.05, 0) is 55.1 Å². The number of hydrogen-bond donors (Lipinski definition) is 3. The summed E-state index contributed by atoms with van der Waals surface area (Å²) in [7, 11) is 0. The first-order valence-electron chi connectivity index (χ1n) is 13.2. The Kier molecular flexibility index (Phi) is 9.23. The molecule has 0 spiro atoms. The molecule has 1 aromatic heterocycles. The van der Waals surface area contributed by atoms with Crippen LogP contribution in [0.5, 0.6) is 0 Å². The second-order valence-corrected chi connectivity index (χ2v) is 10.3. The van der Waals surface area contributed by atoms with E-state index in [1.54, 1.807) is 6.92 Å². The number of fused-ring (bicyclic) bond motifs is 1. The van der Waals surface area contributed by atoms with Gasteiger partial charge in [0.1, 0.15) is 0 Å². The first kappa shape index (κ1) is 28.2. The lowest BCUT2D eigenvalue weighted by Crippen LogP contribution is -2.50. The molecular formula is C28H34FN5O5. The van der Waals surface area contributed by atoms with Crippen LogP contribution >= 0.6 is 0 Å². The van der Waals surface area contributed by atoms with Crippen LogP contribution in [-0.2, 0) is 14.4 Å². The summed E-state index contributed by atoms with van der Waals surface area (Å²) >= 11 is 0. The lowest BCUT2D eigenvalue weighted by atomic mass is 9.92. The van der Waals surface area contributed by atoms with Crippen molar-refractivity contribution >= 4 is 29.5 Å². The molecule has 5 rings (SSSR count). The SMILES string of the molecule is CC(=O)Nc1ccccc1[C@@H]1C[C@@H]2C[C@H](N3CCN(c4ncc(F)cn4)CC3)C[C@@H]2C1.O=C(O)/C=C\C(=O)O. The molecule has 10 nitrogen and oxygen atoms in total. The van der Waals surface area contributed by atoms with Crippen LogP contribution in [0.3, 0.4) is 0 Å². The molecule has 2 aliphatic carbocycles. The van der Waals surface area contributed by atoms with Gasteiger partial charge in [0.2, 0.25) is 11.9 Å². The molecule has 1 aliphatic heterocycles. The van der Waals surface area contributed by atoms with Crippen LogP contribution in [0.25, 0.3) is 0 Å². The number of rotatable bonds is 6. The third-order valence-corrected chi connectivity index (χ3v) is 7.79. The molecule has 0 bridgehead atoms. The summed E-state index contributed by atoms with van der Waals surface area (Å²) in [5.41, 5.74) is 2.28. The Morgan fingerprint density at radius 2 is 1.49 bits per heavy atom. The second-order valence-electron chi connectivity index (χ2n) is 10.3. The van der Waals surface area contributed by atoms with Crippen molar-refractivity contribution in [1.82, 2.24) is 14.9 Å². The molecule has 1 amide bonds. The van der Waals surface area contributed by atoms with Crippen molar-refractivity contribution in [1.29, 1.82) is 0 Å². The number of para-hydroxylation sites is 1. The van der Waals surface area contributed by atoms with E-state index in [-0.39, 0.29) is 5.91 Å². The Hall–Kier alpha value is -3.86. The van der Waals surface area contributed by atoms with Gasteiger partial charge in [0.05, 0.1) is 12.4 Å².